The van der Waals surface area contributed by atoms with Crippen molar-refractivity contribution in [3.05, 3.63) is 29.3 Å². The van der Waals surface area contributed by atoms with Crippen LogP contribution in [0.5, 0.6) is 0 Å². The fourth-order valence-corrected chi connectivity index (χ4v) is 2.41. The van der Waals surface area contributed by atoms with Gasteiger partial charge in [0.2, 0.25) is 0 Å². The van der Waals surface area contributed by atoms with E-state index in [1.54, 1.807) is 12.1 Å². The Balaban J connectivity index is 1.90. The van der Waals surface area contributed by atoms with Crippen LogP contribution in [0.3, 0.4) is 0 Å². The zero-order valence-electron chi connectivity index (χ0n) is 10.2. The normalized spacial score (nSPS) is 23.4. The lowest BCUT2D eigenvalue weighted by atomic mass is 9.91. The smallest absolute Gasteiger partial charge is 0.319 e. The number of hydrogen-bond acceptors (Lipinski definition) is 2. The second kappa shape index (κ2) is 6.07. The van der Waals surface area contributed by atoms with Gasteiger partial charge >= 0.3 is 6.03 Å². The maximum Gasteiger partial charge on any atom is 0.319 e. The number of carbonyl (C=O) groups excluding carboxylic acids is 1. The Morgan fingerprint density at radius 1 is 1.28 bits per heavy atom. The molecule has 2 rings (SSSR count). The van der Waals surface area contributed by atoms with E-state index in [-0.39, 0.29) is 18.1 Å². The average Bonchev–Trinajstić information content (AvgIpc) is 2.35. The molecule has 2 unspecified atom stereocenters. The molecule has 1 fully saturated rings. The van der Waals surface area contributed by atoms with Gasteiger partial charge in [-0.15, -0.1) is 0 Å². The van der Waals surface area contributed by atoms with Crippen molar-refractivity contribution in [3.8, 4) is 0 Å². The number of hydrogen-bond donors (Lipinski definition) is 3. The predicted molar refractivity (Wildman–Crippen MR) is 73.8 cm³/mol. The van der Waals surface area contributed by atoms with Gasteiger partial charge in [-0.25, -0.2) is 4.79 Å². The fourth-order valence-electron chi connectivity index (χ4n) is 2.23. The van der Waals surface area contributed by atoms with Crippen molar-refractivity contribution < 1.29 is 4.79 Å². The highest BCUT2D eigenvalue weighted by Crippen LogP contribution is 2.21. The van der Waals surface area contributed by atoms with Crippen LogP contribution in [0.2, 0.25) is 5.02 Å². The fraction of sp³-hybridized carbons (Fsp3) is 0.462. The number of nitrogens with two attached hydrogens (primary N) is 1. The third-order valence-electron chi connectivity index (χ3n) is 3.26. The van der Waals surface area contributed by atoms with Crippen LogP contribution in [0, 0.1) is 0 Å². The number of halogens is 1. The minimum Gasteiger partial charge on any atom is -0.334 e. The summed E-state index contributed by atoms with van der Waals surface area (Å²) in [6.07, 6.45) is 4.17. The van der Waals surface area contributed by atoms with E-state index in [2.05, 4.69) is 10.6 Å². The van der Waals surface area contributed by atoms with Gasteiger partial charge < -0.3 is 16.4 Å². The van der Waals surface area contributed by atoms with E-state index >= 15 is 0 Å². The summed E-state index contributed by atoms with van der Waals surface area (Å²) in [5.41, 5.74) is 6.59. The highest BCUT2D eigenvalue weighted by atomic mass is 35.5. The number of anilines is 1. The first-order chi connectivity index (χ1) is 8.66. The van der Waals surface area contributed by atoms with E-state index in [4.69, 9.17) is 17.3 Å². The molecule has 2 amide bonds. The zero-order chi connectivity index (χ0) is 13.0. The second-order valence-corrected chi connectivity index (χ2v) is 5.04. The summed E-state index contributed by atoms with van der Waals surface area (Å²) >= 11 is 5.97. The molecule has 0 aliphatic heterocycles. The first kappa shape index (κ1) is 13.2. The second-order valence-electron chi connectivity index (χ2n) is 4.63. The minimum absolute atomic E-state index is 0.0516. The molecular formula is C13H18ClN3O. The van der Waals surface area contributed by atoms with Crippen LogP contribution >= 0.6 is 11.6 Å². The number of urea groups is 1. The van der Waals surface area contributed by atoms with Crippen molar-refractivity contribution in [3.63, 3.8) is 0 Å². The summed E-state index contributed by atoms with van der Waals surface area (Å²) in [5, 5.41) is 6.18. The van der Waals surface area contributed by atoms with Crippen LogP contribution in [0.15, 0.2) is 24.3 Å². The Morgan fingerprint density at radius 2 is 2.00 bits per heavy atom. The molecule has 1 aliphatic carbocycles. The maximum absolute atomic E-state index is 11.8. The van der Waals surface area contributed by atoms with Gasteiger partial charge in [0, 0.05) is 12.1 Å². The summed E-state index contributed by atoms with van der Waals surface area (Å²) in [4.78, 5) is 11.8. The first-order valence-corrected chi connectivity index (χ1v) is 6.62. The molecule has 18 heavy (non-hydrogen) atoms. The molecule has 4 N–H and O–H groups in total. The molecule has 0 radical (unpaired) electrons. The van der Waals surface area contributed by atoms with Crippen LogP contribution in [-0.2, 0) is 0 Å². The van der Waals surface area contributed by atoms with Crippen molar-refractivity contribution in [2.24, 2.45) is 5.73 Å². The summed E-state index contributed by atoms with van der Waals surface area (Å²) < 4.78 is 0. The third kappa shape index (κ3) is 3.37. The molecule has 1 aromatic rings. The topological polar surface area (TPSA) is 67.1 Å². The van der Waals surface area contributed by atoms with Crippen LogP contribution in [0.1, 0.15) is 25.7 Å². The Labute approximate surface area is 112 Å². The SMILES string of the molecule is NC1CCCCC1NC(=O)Nc1ccccc1Cl. The largest absolute Gasteiger partial charge is 0.334 e. The van der Waals surface area contributed by atoms with Crippen molar-refractivity contribution in [2.45, 2.75) is 37.8 Å². The molecule has 0 heterocycles. The Kier molecular flexibility index (Phi) is 4.44. The monoisotopic (exact) mass is 267 g/mol. The van der Waals surface area contributed by atoms with Gasteiger partial charge in [-0.1, -0.05) is 36.6 Å². The van der Waals surface area contributed by atoms with Crippen molar-refractivity contribution in [1.82, 2.24) is 5.32 Å². The molecule has 0 bridgehead atoms. The van der Waals surface area contributed by atoms with E-state index in [0.717, 1.165) is 25.7 Å². The molecule has 98 valence electrons. The van der Waals surface area contributed by atoms with E-state index in [1.165, 1.54) is 0 Å². The molecule has 1 saturated carbocycles. The lowest BCUT2D eigenvalue weighted by molar-refractivity contribution is 0.240. The Hall–Kier alpha value is -1.26. The minimum atomic E-state index is -0.245. The number of rotatable bonds is 2. The number of nitrogens with one attached hydrogen (secondary N) is 2. The lowest BCUT2D eigenvalue weighted by Gasteiger charge is -2.29. The number of benzene rings is 1. The zero-order valence-corrected chi connectivity index (χ0v) is 10.9. The van der Waals surface area contributed by atoms with Crippen LogP contribution in [0.25, 0.3) is 0 Å². The van der Waals surface area contributed by atoms with Crippen LogP contribution < -0.4 is 16.4 Å². The van der Waals surface area contributed by atoms with Gasteiger partial charge in [-0.3, -0.25) is 0 Å². The van der Waals surface area contributed by atoms with Crippen molar-refractivity contribution >= 4 is 23.3 Å². The quantitative estimate of drug-likeness (QED) is 0.771. The molecule has 5 heteroatoms. The van der Waals surface area contributed by atoms with Gasteiger partial charge in [0.05, 0.1) is 10.7 Å². The van der Waals surface area contributed by atoms with E-state index in [0.29, 0.717) is 10.7 Å². The van der Waals surface area contributed by atoms with Gasteiger partial charge in [0.25, 0.3) is 0 Å². The average molecular weight is 268 g/mol. The van der Waals surface area contributed by atoms with Crippen molar-refractivity contribution in [1.29, 1.82) is 0 Å². The van der Waals surface area contributed by atoms with Gasteiger partial charge in [0.15, 0.2) is 0 Å². The van der Waals surface area contributed by atoms with Crippen molar-refractivity contribution in [2.75, 3.05) is 5.32 Å². The summed E-state index contributed by atoms with van der Waals surface area (Å²) in [5.74, 6) is 0. The van der Waals surface area contributed by atoms with Gasteiger partial charge in [0.1, 0.15) is 0 Å². The lowest BCUT2D eigenvalue weighted by Crippen LogP contribution is -2.50. The molecule has 0 aromatic heterocycles. The first-order valence-electron chi connectivity index (χ1n) is 6.24. The molecule has 0 spiro atoms. The predicted octanol–water partition coefficient (Wildman–Crippen LogP) is 2.73. The Morgan fingerprint density at radius 3 is 2.72 bits per heavy atom. The highest BCUT2D eigenvalue weighted by Gasteiger charge is 2.23. The molecule has 0 saturated heterocycles. The third-order valence-corrected chi connectivity index (χ3v) is 3.59. The van der Waals surface area contributed by atoms with E-state index in [1.807, 2.05) is 12.1 Å². The van der Waals surface area contributed by atoms with Crippen LogP contribution in [0.4, 0.5) is 10.5 Å². The van der Waals surface area contributed by atoms with E-state index < -0.39 is 0 Å². The molecular weight excluding hydrogens is 250 g/mol. The number of carbonyl (C=O) groups is 1. The number of amides is 2. The van der Waals surface area contributed by atoms with E-state index in [9.17, 15) is 4.79 Å². The molecule has 1 aromatic carbocycles. The molecule has 1 aliphatic rings. The summed E-state index contributed by atoms with van der Waals surface area (Å²) in [6.45, 7) is 0. The van der Waals surface area contributed by atoms with Crippen LogP contribution in [-0.4, -0.2) is 18.1 Å². The number of para-hydroxylation sites is 1. The molecule has 2 atom stereocenters. The molecule has 4 nitrogen and oxygen atoms in total. The van der Waals surface area contributed by atoms with Gasteiger partial charge in [-0.05, 0) is 25.0 Å². The standard InChI is InChI=1S/C13H18ClN3O/c14-9-5-1-3-7-11(9)16-13(18)17-12-8-4-2-6-10(12)15/h1,3,5,7,10,12H,2,4,6,8,15H2,(H2,16,17,18). The summed E-state index contributed by atoms with van der Waals surface area (Å²) in [6, 6.07) is 7.02. The van der Waals surface area contributed by atoms with Gasteiger partial charge in [-0.2, -0.15) is 0 Å². The summed E-state index contributed by atoms with van der Waals surface area (Å²) in [7, 11) is 0. The Bertz CT molecular complexity index is 424. The highest BCUT2D eigenvalue weighted by molar-refractivity contribution is 6.33. The maximum atomic E-state index is 11.8.